The third-order valence-electron chi connectivity index (χ3n) is 1.74. The zero-order valence-electron chi connectivity index (χ0n) is 7.63. The Morgan fingerprint density at radius 1 is 1.67 bits per heavy atom. The van der Waals surface area contributed by atoms with Crippen molar-refractivity contribution in [2.24, 2.45) is 5.90 Å². The summed E-state index contributed by atoms with van der Waals surface area (Å²) in [7, 11) is 0. The van der Waals surface area contributed by atoms with Gasteiger partial charge in [0.25, 0.3) is 0 Å². The number of aromatic nitrogens is 1. The highest BCUT2D eigenvalue weighted by Crippen LogP contribution is 2.23. The molecular formula is C8H14N2O2. The lowest BCUT2D eigenvalue weighted by Gasteiger charge is -2.18. The Hall–Kier alpha value is -0.870. The van der Waals surface area contributed by atoms with E-state index in [4.69, 9.17) is 10.4 Å². The second-order valence-corrected chi connectivity index (χ2v) is 3.53. The van der Waals surface area contributed by atoms with Crippen LogP contribution in [0, 0.1) is 6.92 Å². The van der Waals surface area contributed by atoms with Crippen LogP contribution >= 0.6 is 0 Å². The molecule has 0 bridgehead atoms. The Bertz CT molecular complexity index is 255. The monoisotopic (exact) mass is 170 g/mol. The molecule has 1 aromatic rings. The second kappa shape index (κ2) is 3.25. The van der Waals surface area contributed by atoms with Gasteiger partial charge < -0.3 is 9.36 Å². The molecule has 0 fully saturated rings. The van der Waals surface area contributed by atoms with Gasteiger partial charge in [0.05, 0.1) is 17.7 Å². The zero-order valence-corrected chi connectivity index (χ0v) is 7.63. The predicted molar refractivity (Wildman–Crippen MR) is 44.4 cm³/mol. The third-order valence-corrected chi connectivity index (χ3v) is 1.74. The first-order valence-electron chi connectivity index (χ1n) is 3.82. The number of nitrogens with two attached hydrogens (primary N) is 1. The van der Waals surface area contributed by atoms with Crippen molar-refractivity contribution in [2.75, 3.05) is 6.61 Å². The molecule has 1 aromatic heterocycles. The standard InChI is InChI=1S/C8H14N2O2/c1-6-4-7(12-10-6)8(2,3)5-11-9/h4H,5,9H2,1-3H3. The molecule has 0 saturated carbocycles. The van der Waals surface area contributed by atoms with E-state index in [2.05, 4.69) is 9.99 Å². The Kier molecular flexibility index (Phi) is 2.49. The van der Waals surface area contributed by atoms with E-state index in [1.165, 1.54) is 0 Å². The van der Waals surface area contributed by atoms with Crippen molar-refractivity contribution in [1.29, 1.82) is 0 Å². The van der Waals surface area contributed by atoms with E-state index in [0.29, 0.717) is 6.61 Å². The van der Waals surface area contributed by atoms with Gasteiger partial charge in [-0.1, -0.05) is 19.0 Å². The number of nitrogens with zero attached hydrogens (tertiary/aromatic N) is 1. The number of aryl methyl sites for hydroxylation is 1. The van der Waals surface area contributed by atoms with Crippen LogP contribution in [0.25, 0.3) is 0 Å². The molecule has 0 saturated heterocycles. The van der Waals surface area contributed by atoms with Gasteiger partial charge in [-0.3, -0.25) is 0 Å². The summed E-state index contributed by atoms with van der Waals surface area (Å²) in [5, 5.41) is 3.79. The van der Waals surface area contributed by atoms with Gasteiger partial charge in [-0.25, -0.2) is 5.90 Å². The summed E-state index contributed by atoms with van der Waals surface area (Å²) in [5.74, 6) is 5.79. The smallest absolute Gasteiger partial charge is 0.144 e. The van der Waals surface area contributed by atoms with Gasteiger partial charge in [0.1, 0.15) is 5.76 Å². The molecule has 0 aliphatic carbocycles. The van der Waals surface area contributed by atoms with Crippen LogP contribution in [0.3, 0.4) is 0 Å². The lowest BCUT2D eigenvalue weighted by atomic mass is 9.91. The molecule has 2 N–H and O–H groups in total. The van der Waals surface area contributed by atoms with Crippen LogP contribution in [0.15, 0.2) is 10.6 Å². The first kappa shape index (κ1) is 9.22. The van der Waals surface area contributed by atoms with Crippen molar-refractivity contribution in [3.63, 3.8) is 0 Å². The van der Waals surface area contributed by atoms with Crippen molar-refractivity contribution >= 4 is 0 Å². The average molecular weight is 170 g/mol. The maximum Gasteiger partial charge on any atom is 0.144 e. The Labute approximate surface area is 71.6 Å². The van der Waals surface area contributed by atoms with Crippen molar-refractivity contribution < 1.29 is 9.36 Å². The maximum absolute atomic E-state index is 5.10. The molecule has 68 valence electrons. The van der Waals surface area contributed by atoms with Gasteiger partial charge >= 0.3 is 0 Å². The van der Waals surface area contributed by atoms with Crippen LogP contribution < -0.4 is 5.90 Å². The molecule has 0 unspecified atom stereocenters. The van der Waals surface area contributed by atoms with Gasteiger partial charge in [-0.15, -0.1) is 0 Å². The molecule has 4 nitrogen and oxygen atoms in total. The quantitative estimate of drug-likeness (QED) is 0.691. The Morgan fingerprint density at radius 2 is 2.33 bits per heavy atom. The van der Waals surface area contributed by atoms with Crippen LogP contribution in [-0.4, -0.2) is 11.8 Å². The summed E-state index contributed by atoms with van der Waals surface area (Å²) in [4.78, 5) is 4.58. The summed E-state index contributed by atoms with van der Waals surface area (Å²) in [6.07, 6.45) is 0. The fraction of sp³-hybridized carbons (Fsp3) is 0.625. The lowest BCUT2D eigenvalue weighted by molar-refractivity contribution is 0.0849. The summed E-state index contributed by atoms with van der Waals surface area (Å²) in [6.45, 7) is 6.27. The second-order valence-electron chi connectivity index (χ2n) is 3.53. The van der Waals surface area contributed by atoms with E-state index in [1.807, 2.05) is 26.8 Å². The molecule has 0 amide bonds. The topological polar surface area (TPSA) is 61.3 Å². The molecule has 0 spiro atoms. The van der Waals surface area contributed by atoms with Gasteiger partial charge in [-0.05, 0) is 6.92 Å². The minimum atomic E-state index is -0.212. The van der Waals surface area contributed by atoms with E-state index in [9.17, 15) is 0 Å². The van der Waals surface area contributed by atoms with Gasteiger partial charge in [0.2, 0.25) is 0 Å². The van der Waals surface area contributed by atoms with Crippen LogP contribution in [0.1, 0.15) is 25.3 Å². The molecule has 1 rings (SSSR count). The van der Waals surface area contributed by atoms with Gasteiger partial charge in [0.15, 0.2) is 0 Å². The van der Waals surface area contributed by atoms with Crippen LogP contribution in [0.5, 0.6) is 0 Å². The predicted octanol–water partition coefficient (Wildman–Crippen LogP) is 1.15. The van der Waals surface area contributed by atoms with Crippen molar-refractivity contribution in [3.8, 4) is 0 Å². The SMILES string of the molecule is Cc1cc(C(C)(C)CON)on1. The highest BCUT2D eigenvalue weighted by molar-refractivity contribution is 5.13. The average Bonchev–Trinajstić information content (AvgIpc) is 2.36. The molecule has 12 heavy (non-hydrogen) atoms. The Morgan fingerprint density at radius 3 is 2.75 bits per heavy atom. The van der Waals surface area contributed by atoms with E-state index in [1.54, 1.807) is 0 Å². The molecule has 0 atom stereocenters. The molecule has 0 radical (unpaired) electrons. The van der Waals surface area contributed by atoms with E-state index < -0.39 is 0 Å². The normalized spacial score (nSPS) is 12.0. The van der Waals surface area contributed by atoms with Crippen LogP contribution in [0.4, 0.5) is 0 Å². The molecular weight excluding hydrogens is 156 g/mol. The van der Waals surface area contributed by atoms with Gasteiger partial charge in [0, 0.05) is 6.07 Å². The third kappa shape index (κ3) is 1.84. The highest BCUT2D eigenvalue weighted by atomic mass is 16.6. The summed E-state index contributed by atoms with van der Waals surface area (Å²) >= 11 is 0. The van der Waals surface area contributed by atoms with Crippen molar-refractivity contribution in [2.45, 2.75) is 26.2 Å². The fourth-order valence-corrected chi connectivity index (χ4v) is 0.962. The van der Waals surface area contributed by atoms with E-state index >= 15 is 0 Å². The van der Waals surface area contributed by atoms with E-state index in [-0.39, 0.29) is 5.41 Å². The fourth-order valence-electron chi connectivity index (χ4n) is 0.962. The molecule has 0 aromatic carbocycles. The maximum atomic E-state index is 5.10. The molecule has 1 heterocycles. The number of hydrogen-bond acceptors (Lipinski definition) is 4. The Balaban J connectivity index is 2.81. The van der Waals surface area contributed by atoms with E-state index in [0.717, 1.165) is 11.5 Å². The number of rotatable bonds is 3. The molecule has 0 aliphatic rings. The molecule has 4 heteroatoms. The van der Waals surface area contributed by atoms with Gasteiger partial charge in [-0.2, -0.15) is 0 Å². The first-order valence-corrected chi connectivity index (χ1v) is 3.82. The lowest BCUT2D eigenvalue weighted by Crippen LogP contribution is -2.25. The first-order chi connectivity index (χ1) is 5.56. The van der Waals surface area contributed by atoms with Crippen molar-refractivity contribution in [3.05, 3.63) is 17.5 Å². The highest BCUT2D eigenvalue weighted by Gasteiger charge is 2.25. The zero-order chi connectivity index (χ0) is 9.19. The van der Waals surface area contributed by atoms with Crippen LogP contribution in [0.2, 0.25) is 0 Å². The summed E-state index contributed by atoms with van der Waals surface area (Å²) in [5.41, 5.74) is 0.658. The van der Waals surface area contributed by atoms with Crippen LogP contribution in [-0.2, 0) is 10.3 Å². The minimum absolute atomic E-state index is 0.212. The molecule has 0 aliphatic heterocycles. The largest absolute Gasteiger partial charge is 0.360 e. The summed E-state index contributed by atoms with van der Waals surface area (Å²) in [6, 6.07) is 1.89. The number of hydrogen-bond donors (Lipinski definition) is 1. The van der Waals surface area contributed by atoms with Crippen molar-refractivity contribution in [1.82, 2.24) is 5.16 Å². The minimum Gasteiger partial charge on any atom is -0.360 e. The summed E-state index contributed by atoms with van der Waals surface area (Å²) < 4.78 is 5.10.